The summed E-state index contributed by atoms with van der Waals surface area (Å²) in [6, 6.07) is 0. The molecule has 0 saturated heterocycles. The first-order valence-electron chi connectivity index (χ1n) is 4.65. The molecule has 0 heterocycles. The van der Waals surface area contributed by atoms with Crippen LogP contribution in [0.15, 0.2) is 23.6 Å². The molecule has 0 radical (unpaired) electrons. The minimum atomic E-state index is -2.82. The molecule has 5 heteroatoms. The van der Waals surface area contributed by atoms with Crippen molar-refractivity contribution >= 4 is 8.80 Å². The van der Waals surface area contributed by atoms with Crippen molar-refractivity contribution < 1.29 is 18.0 Å². The van der Waals surface area contributed by atoms with Gasteiger partial charge in [0, 0.05) is 21.3 Å². The predicted molar refractivity (Wildman–Crippen MR) is 61.3 cm³/mol. The zero-order chi connectivity index (χ0) is 11.9. The van der Waals surface area contributed by atoms with Gasteiger partial charge in [-0.2, -0.15) is 0 Å². The van der Waals surface area contributed by atoms with Crippen LogP contribution in [-0.2, 0) is 18.0 Å². The number of rotatable bonds is 7. The van der Waals surface area contributed by atoms with E-state index >= 15 is 0 Å². The fourth-order valence-electron chi connectivity index (χ4n) is 1.10. The molecule has 88 valence electrons. The van der Waals surface area contributed by atoms with Crippen molar-refractivity contribution in [3.63, 3.8) is 0 Å². The fourth-order valence-corrected chi connectivity index (χ4v) is 2.81. The lowest BCUT2D eigenvalue weighted by atomic mass is 10.4. The third-order valence-corrected chi connectivity index (χ3v) is 4.49. The van der Waals surface area contributed by atoms with Crippen molar-refractivity contribution in [1.29, 1.82) is 0 Å². The van der Waals surface area contributed by atoms with Gasteiger partial charge in [0.25, 0.3) is 0 Å². The second kappa shape index (κ2) is 6.79. The number of ether oxygens (including phenoxy) is 1. The molecule has 0 aromatic rings. The van der Waals surface area contributed by atoms with E-state index in [1.807, 2.05) is 13.8 Å². The van der Waals surface area contributed by atoms with Gasteiger partial charge >= 0.3 is 8.80 Å². The third kappa shape index (κ3) is 3.79. The molecule has 0 amide bonds. The number of allylic oxidation sites excluding steroid dienone is 1. The van der Waals surface area contributed by atoms with Gasteiger partial charge in [-0.25, -0.2) is 0 Å². The fraction of sp³-hybridized carbons (Fsp3) is 0.600. The molecule has 0 spiro atoms. The Balaban J connectivity index is 4.68. The standard InChI is InChI=1S/C10H20O4Si/c1-7-10(14-8-9(2)3)15(11-4,12-5)13-6/h7H,2,8H2,1,3-6H3/b10-7-. The smallest absolute Gasteiger partial charge is 0.491 e. The molecule has 0 aliphatic rings. The van der Waals surface area contributed by atoms with Crippen LogP contribution in [0.5, 0.6) is 0 Å². The lowest BCUT2D eigenvalue weighted by Gasteiger charge is -2.26. The summed E-state index contributed by atoms with van der Waals surface area (Å²) in [5.74, 6) is 0. The van der Waals surface area contributed by atoms with Gasteiger partial charge in [-0.15, -0.1) is 0 Å². The zero-order valence-corrected chi connectivity index (χ0v) is 11.1. The topological polar surface area (TPSA) is 36.9 Å². The van der Waals surface area contributed by atoms with Crippen LogP contribution >= 0.6 is 0 Å². The Morgan fingerprint density at radius 3 is 1.93 bits per heavy atom. The largest absolute Gasteiger partial charge is 0.572 e. The molecule has 0 bridgehead atoms. The Hall–Kier alpha value is -0.623. The van der Waals surface area contributed by atoms with Crippen LogP contribution in [0.4, 0.5) is 0 Å². The highest BCUT2D eigenvalue weighted by Crippen LogP contribution is 2.19. The highest BCUT2D eigenvalue weighted by Gasteiger charge is 2.45. The molecule has 15 heavy (non-hydrogen) atoms. The van der Waals surface area contributed by atoms with E-state index in [1.165, 1.54) is 0 Å². The molecule has 0 fully saturated rings. The van der Waals surface area contributed by atoms with E-state index < -0.39 is 8.80 Å². The Kier molecular flexibility index (Phi) is 6.50. The highest BCUT2D eigenvalue weighted by molar-refractivity contribution is 6.68. The third-order valence-electron chi connectivity index (χ3n) is 1.84. The maximum Gasteiger partial charge on any atom is 0.572 e. The van der Waals surface area contributed by atoms with Gasteiger partial charge in [0.1, 0.15) is 6.61 Å². The Morgan fingerprint density at radius 2 is 1.67 bits per heavy atom. The summed E-state index contributed by atoms with van der Waals surface area (Å²) < 4.78 is 21.4. The molecule has 0 atom stereocenters. The molecule has 0 aliphatic heterocycles. The molecule has 0 aromatic heterocycles. The lowest BCUT2D eigenvalue weighted by Crippen LogP contribution is -2.46. The molecular weight excluding hydrogens is 212 g/mol. The van der Waals surface area contributed by atoms with E-state index in [0.717, 1.165) is 5.57 Å². The Morgan fingerprint density at radius 1 is 1.20 bits per heavy atom. The van der Waals surface area contributed by atoms with Crippen molar-refractivity contribution in [3.05, 3.63) is 23.6 Å². The minimum absolute atomic E-state index is 0.435. The maximum atomic E-state index is 5.54. The zero-order valence-electron chi connectivity index (χ0n) is 10.1. The van der Waals surface area contributed by atoms with Crippen molar-refractivity contribution in [1.82, 2.24) is 0 Å². The van der Waals surface area contributed by atoms with E-state index in [9.17, 15) is 0 Å². The molecule has 0 N–H and O–H groups in total. The molecule has 0 saturated carbocycles. The van der Waals surface area contributed by atoms with Gasteiger partial charge in [-0.3, -0.25) is 0 Å². The summed E-state index contributed by atoms with van der Waals surface area (Å²) >= 11 is 0. The number of hydrogen-bond acceptors (Lipinski definition) is 4. The molecule has 0 rings (SSSR count). The first-order chi connectivity index (χ1) is 7.06. The molecule has 4 nitrogen and oxygen atoms in total. The average Bonchev–Trinajstić information content (AvgIpc) is 2.24. The molecular formula is C10H20O4Si. The Labute approximate surface area is 92.8 Å². The monoisotopic (exact) mass is 232 g/mol. The molecule has 0 aromatic carbocycles. The average molecular weight is 232 g/mol. The molecule has 0 unspecified atom stereocenters. The van der Waals surface area contributed by atoms with Crippen LogP contribution in [0, 0.1) is 0 Å². The second-order valence-corrected chi connectivity index (χ2v) is 5.90. The minimum Gasteiger partial charge on any atom is -0.491 e. The van der Waals surface area contributed by atoms with Gasteiger partial charge in [0.15, 0.2) is 5.38 Å². The van der Waals surface area contributed by atoms with Gasteiger partial charge in [0.05, 0.1) is 0 Å². The van der Waals surface area contributed by atoms with E-state index in [0.29, 0.717) is 12.0 Å². The highest BCUT2D eigenvalue weighted by atomic mass is 28.4. The lowest BCUT2D eigenvalue weighted by molar-refractivity contribution is 0.103. The van der Waals surface area contributed by atoms with E-state index in [-0.39, 0.29) is 0 Å². The normalized spacial score (nSPS) is 12.7. The predicted octanol–water partition coefficient (Wildman–Crippen LogP) is 1.90. The van der Waals surface area contributed by atoms with E-state index in [1.54, 1.807) is 27.4 Å². The summed E-state index contributed by atoms with van der Waals surface area (Å²) in [4.78, 5) is 0. The summed E-state index contributed by atoms with van der Waals surface area (Å²) in [6.07, 6.45) is 1.80. The maximum absolute atomic E-state index is 5.54. The first-order valence-corrected chi connectivity index (χ1v) is 6.38. The van der Waals surface area contributed by atoms with Gasteiger partial charge in [0.2, 0.25) is 0 Å². The first kappa shape index (κ1) is 14.4. The van der Waals surface area contributed by atoms with Gasteiger partial charge < -0.3 is 18.0 Å². The van der Waals surface area contributed by atoms with Crippen molar-refractivity contribution in [2.75, 3.05) is 27.9 Å². The Bertz CT molecular complexity index is 225. The van der Waals surface area contributed by atoms with Gasteiger partial charge in [-0.05, 0) is 25.5 Å². The van der Waals surface area contributed by atoms with Crippen LogP contribution in [-0.4, -0.2) is 36.7 Å². The van der Waals surface area contributed by atoms with Crippen molar-refractivity contribution in [2.45, 2.75) is 13.8 Å². The SMILES string of the molecule is C=C(C)CO/C(=C/C)[Si](OC)(OC)OC. The van der Waals surface area contributed by atoms with Gasteiger partial charge in [-0.1, -0.05) is 6.58 Å². The van der Waals surface area contributed by atoms with E-state index in [4.69, 9.17) is 18.0 Å². The van der Waals surface area contributed by atoms with Crippen LogP contribution in [0.25, 0.3) is 0 Å². The summed E-state index contributed by atoms with van der Waals surface area (Å²) in [5.41, 5.74) is 0.931. The summed E-state index contributed by atoms with van der Waals surface area (Å²) in [6.45, 7) is 7.94. The van der Waals surface area contributed by atoms with Crippen LogP contribution in [0.3, 0.4) is 0 Å². The second-order valence-electron chi connectivity index (χ2n) is 3.07. The van der Waals surface area contributed by atoms with Crippen molar-refractivity contribution in [3.8, 4) is 0 Å². The molecule has 0 aliphatic carbocycles. The van der Waals surface area contributed by atoms with Crippen LogP contribution in [0.2, 0.25) is 0 Å². The van der Waals surface area contributed by atoms with Crippen LogP contribution < -0.4 is 0 Å². The van der Waals surface area contributed by atoms with E-state index in [2.05, 4.69) is 6.58 Å². The van der Waals surface area contributed by atoms with Crippen molar-refractivity contribution in [2.24, 2.45) is 0 Å². The van der Waals surface area contributed by atoms with Crippen LogP contribution in [0.1, 0.15) is 13.8 Å². The summed E-state index contributed by atoms with van der Waals surface area (Å²) in [5, 5.41) is 0.609. The quantitative estimate of drug-likeness (QED) is 0.382. The number of hydrogen-bond donors (Lipinski definition) is 0. The summed E-state index contributed by atoms with van der Waals surface area (Å²) in [7, 11) is 1.83.